The van der Waals surface area contributed by atoms with Gasteiger partial charge in [-0.2, -0.15) is 0 Å². The summed E-state index contributed by atoms with van der Waals surface area (Å²) in [5, 5.41) is 0. The van der Waals surface area contributed by atoms with Gasteiger partial charge in [-0.1, -0.05) is 24.3 Å². The first kappa shape index (κ1) is 9.18. The maximum absolute atomic E-state index is 5.70. The van der Waals surface area contributed by atoms with Crippen molar-refractivity contribution in [2.75, 3.05) is 0 Å². The number of rotatable bonds is 5. The van der Waals surface area contributed by atoms with Crippen LogP contribution < -0.4 is 5.73 Å². The lowest BCUT2D eigenvalue weighted by molar-refractivity contribution is 0.769. The molecular weight excluding hydrogens is 122 g/mol. The van der Waals surface area contributed by atoms with E-state index in [1.54, 1.807) is 6.08 Å². The van der Waals surface area contributed by atoms with Crippen molar-refractivity contribution >= 4 is 0 Å². The molecule has 0 rings (SSSR count). The quantitative estimate of drug-likeness (QED) is 0.576. The molecule has 1 nitrogen and oxygen atoms in total. The summed E-state index contributed by atoms with van der Waals surface area (Å²) >= 11 is 0. The van der Waals surface area contributed by atoms with Gasteiger partial charge in [-0.3, -0.25) is 0 Å². The van der Waals surface area contributed by atoms with Crippen LogP contribution in [0.3, 0.4) is 0 Å². The van der Waals surface area contributed by atoms with Gasteiger partial charge in [0.25, 0.3) is 0 Å². The maximum Gasteiger partial charge on any atom is 0.0288 e. The minimum atomic E-state index is 0.0514. The molecule has 0 amide bonds. The minimum Gasteiger partial charge on any atom is -0.324 e. The van der Waals surface area contributed by atoms with Crippen molar-refractivity contribution < 1.29 is 0 Å². The van der Waals surface area contributed by atoms with E-state index in [1.807, 2.05) is 6.08 Å². The Labute approximate surface area is 62.9 Å². The van der Waals surface area contributed by atoms with Crippen molar-refractivity contribution in [3.63, 3.8) is 0 Å². The van der Waals surface area contributed by atoms with Gasteiger partial charge in [-0.05, 0) is 12.8 Å². The van der Waals surface area contributed by atoms with Crippen LogP contribution in [0.4, 0.5) is 0 Å². The fraction of sp³-hybridized carbons (Fsp3) is 0.333. The number of nitrogens with two attached hydrogens (primary N) is 1. The van der Waals surface area contributed by atoms with Crippen molar-refractivity contribution in [3.05, 3.63) is 37.5 Å². The minimum absolute atomic E-state index is 0.0514. The summed E-state index contributed by atoms with van der Waals surface area (Å²) in [6.45, 7) is 11.0. The fourth-order valence-corrected chi connectivity index (χ4v) is 0.683. The van der Waals surface area contributed by atoms with Gasteiger partial charge in [0, 0.05) is 6.04 Å². The Morgan fingerprint density at radius 3 is 2.40 bits per heavy atom. The number of allylic oxidation sites excluding steroid dienone is 1. The standard InChI is InChI=1S/C9H15N/c1-4-6-8(3)9(10)7-5-2/h4-5,9H,1-3,6-7,10H2. The van der Waals surface area contributed by atoms with Crippen LogP contribution in [0.1, 0.15) is 12.8 Å². The van der Waals surface area contributed by atoms with Crippen molar-refractivity contribution in [1.82, 2.24) is 0 Å². The third-order valence-electron chi connectivity index (χ3n) is 1.35. The number of hydrogen-bond acceptors (Lipinski definition) is 1. The van der Waals surface area contributed by atoms with Crippen LogP contribution in [0.25, 0.3) is 0 Å². The highest BCUT2D eigenvalue weighted by Gasteiger charge is 2.01. The van der Waals surface area contributed by atoms with Crippen LogP contribution in [-0.2, 0) is 0 Å². The van der Waals surface area contributed by atoms with Crippen molar-refractivity contribution in [2.24, 2.45) is 5.73 Å². The molecule has 0 aliphatic heterocycles. The van der Waals surface area contributed by atoms with E-state index < -0.39 is 0 Å². The summed E-state index contributed by atoms with van der Waals surface area (Å²) in [6.07, 6.45) is 5.21. The zero-order valence-electron chi connectivity index (χ0n) is 6.34. The average molecular weight is 137 g/mol. The molecule has 10 heavy (non-hydrogen) atoms. The first-order valence-electron chi connectivity index (χ1n) is 3.37. The van der Waals surface area contributed by atoms with E-state index in [-0.39, 0.29) is 6.04 Å². The monoisotopic (exact) mass is 137 g/mol. The highest BCUT2D eigenvalue weighted by molar-refractivity contribution is 5.09. The molecule has 0 aromatic carbocycles. The molecule has 1 unspecified atom stereocenters. The Morgan fingerprint density at radius 1 is 1.40 bits per heavy atom. The Bertz CT molecular complexity index is 136. The summed E-state index contributed by atoms with van der Waals surface area (Å²) in [4.78, 5) is 0. The van der Waals surface area contributed by atoms with Crippen LogP contribution in [0.15, 0.2) is 37.5 Å². The second kappa shape index (κ2) is 5.00. The zero-order valence-corrected chi connectivity index (χ0v) is 6.34. The summed E-state index contributed by atoms with van der Waals surface area (Å²) in [7, 11) is 0. The van der Waals surface area contributed by atoms with E-state index in [4.69, 9.17) is 5.73 Å². The van der Waals surface area contributed by atoms with Crippen molar-refractivity contribution in [2.45, 2.75) is 18.9 Å². The van der Waals surface area contributed by atoms with Crippen LogP contribution in [-0.4, -0.2) is 6.04 Å². The van der Waals surface area contributed by atoms with Crippen molar-refractivity contribution in [3.8, 4) is 0 Å². The predicted molar refractivity (Wildman–Crippen MR) is 46.7 cm³/mol. The molecule has 0 radical (unpaired) electrons. The molecule has 0 saturated carbocycles. The summed E-state index contributed by atoms with van der Waals surface area (Å²) in [5.41, 5.74) is 6.72. The van der Waals surface area contributed by atoms with E-state index in [0.29, 0.717) is 0 Å². The molecule has 0 fully saturated rings. The lowest BCUT2D eigenvalue weighted by Crippen LogP contribution is -2.20. The Kier molecular flexibility index (Phi) is 4.59. The van der Waals surface area contributed by atoms with E-state index in [0.717, 1.165) is 18.4 Å². The van der Waals surface area contributed by atoms with Gasteiger partial charge in [-0.25, -0.2) is 0 Å². The molecule has 0 aromatic rings. The normalized spacial score (nSPS) is 12.1. The Hall–Kier alpha value is -0.820. The van der Waals surface area contributed by atoms with Gasteiger partial charge in [0.2, 0.25) is 0 Å². The molecule has 0 aliphatic rings. The Morgan fingerprint density at radius 2 is 2.00 bits per heavy atom. The molecular formula is C9H15N. The van der Waals surface area contributed by atoms with Gasteiger partial charge in [0.1, 0.15) is 0 Å². The highest BCUT2D eigenvalue weighted by atomic mass is 14.6. The molecule has 1 atom stereocenters. The molecule has 1 heteroatoms. The summed E-state index contributed by atoms with van der Waals surface area (Å²) in [6, 6.07) is 0.0514. The second-order valence-corrected chi connectivity index (χ2v) is 2.28. The third-order valence-corrected chi connectivity index (χ3v) is 1.35. The lowest BCUT2D eigenvalue weighted by Gasteiger charge is -2.09. The maximum atomic E-state index is 5.70. The van der Waals surface area contributed by atoms with Crippen LogP contribution in [0.2, 0.25) is 0 Å². The molecule has 56 valence electrons. The van der Waals surface area contributed by atoms with Crippen LogP contribution >= 0.6 is 0 Å². The van der Waals surface area contributed by atoms with Crippen LogP contribution in [0, 0.1) is 0 Å². The molecule has 0 bridgehead atoms. The summed E-state index contributed by atoms with van der Waals surface area (Å²) in [5.74, 6) is 0. The predicted octanol–water partition coefficient (Wildman–Crippen LogP) is 2.02. The van der Waals surface area contributed by atoms with Gasteiger partial charge in [0.15, 0.2) is 0 Å². The van der Waals surface area contributed by atoms with E-state index in [2.05, 4.69) is 19.7 Å². The first-order chi connectivity index (χ1) is 4.72. The third kappa shape index (κ3) is 3.25. The summed E-state index contributed by atoms with van der Waals surface area (Å²) < 4.78 is 0. The molecule has 2 N–H and O–H groups in total. The van der Waals surface area contributed by atoms with Gasteiger partial charge in [-0.15, -0.1) is 13.2 Å². The Balaban J connectivity index is 3.68. The molecule has 0 spiro atoms. The molecule has 0 aliphatic carbocycles. The van der Waals surface area contributed by atoms with E-state index >= 15 is 0 Å². The average Bonchev–Trinajstić information content (AvgIpc) is 1.89. The SMILES string of the molecule is C=CCC(=C)C(N)CC=C. The van der Waals surface area contributed by atoms with Crippen molar-refractivity contribution in [1.29, 1.82) is 0 Å². The smallest absolute Gasteiger partial charge is 0.0288 e. The van der Waals surface area contributed by atoms with Gasteiger partial charge in [0.05, 0.1) is 0 Å². The first-order valence-corrected chi connectivity index (χ1v) is 3.37. The lowest BCUT2D eigenvalue weighted by atomic mass is 10.0. The van der Waals surface area contributed by atoms with Crippen LogP contribution in [0.5, 0.6) is 0 Å². The zero-order chi connectivity index (χ0) is 7.98. The molecule has 0 heterocycles. The number of hydrogen-bond donors (Lipinski definition) is 1. The molecule has 0 saturated heterocycles. The highest BCUT2D eigenvalue weighted by Crippen LogP contribution is 2.06. The van der Waals surface area contributed by atoms with Gasteiger partial charge < -0.3 is 5.73 Å². The molecule has 0 aromatic heterocycles. The van der Waals surface area contributed by atoms with E-state index in [1.165, 1.54) is 0 Å². The topological polar surface area (TPSA) is 26.0 Å². The fourth-order valence-electron chi connectivity index (χ4n) is 0.683. The van der Waals surface area contributed by atoms with E-state index in [9.17, 15) is 0 Å². The van der Waals surface area contributed by atoms with Gasteiger partial charge >= 0.3 is 0 Å². The largest absolute Gasteiger partial charge is 0.324 e. The second-order valence-electron chi connectivity index (χ2n) is 2.28.